The molecule has 0 heterocycles. The summed E-state index contributed by atoms with van der Waals surface area (Å²) in [7, 11) is 3.16. The first kappa shape index (κ1) is 14.7. The second-order valence-corrected chi connectivity index (χ2v) is 4.36. The highest BCUT2D eigenvalue weighted by molar-refractivity contribution is 6.20. The number of benzene rings is 2. The van der Waals surface area contributed by atoms with E-state index >= 15 is 0 Å². The van der Waals surface area contributed by atoms with Crippen LogP contribution in [0.15, 0.2) is 48.5 Å². The lowest BCUT2D eigenvalue weighted by molar-refractivity contribution is -0.130. The summed E-state index contributed by atoms with van der Waals surface area (Å²) in [5.41, 5.74) is 1.64. The molecule has 1 N–H and O–H groups in total. The van der Waals surface area contributed by atoms with Crippen LogP contribution < -0.4 is 9.47 Å². The first-order valence-electron chi connectivity index (χ1n) is 6.37. The molecule has 0 aliphatic heterocycles. The molecule has 2 rings (SSSR count). The third kappa shape index (κ3) is 3.63. The van der Waals surface area contributed by atoms with Crippen LogP contribution in [0.25, 0.3) is 11.6 Å². The Balaban J connectivity index is 2.36. The van der Waals surface area contributed by atoms with Crippen molar-refractivity contribution < 1.29 is 19.4 Å². The van der Waals surface area contributed by atoms with Gasteiger partial charge in [-0.2, -0.15) is 0 Å². The maximum atomic E-state index is 11.5. The molecule has 0 spiro atoms. The van der Waals surface area contributed by atoms with E-state index in [4.69, 9.17) is 9.47 Å². The molecule has 0 bridgehead atoms. The molecule has 4 nitrogen and oxygen atoms in total. The highest BCUT2D eigenvalue weighted by Crippen LogP contribution is 2.22. The van der Waals surface area contributed by atoms with E-state index in [1.807, 2.05) is 12.1 Å². The fourth-order valence-corrected chi connectivity index (χ4v) is 1.91. The summed E-state index contributed by atoms with van der Waals surface area (Å²) < 4.78 is 10.2. The van der Waals surface area contributed by atoms with Crippen molar-refractivity contribution in [3.05, 3.63) is 59.7 Å². The van der Waals surface area contributed by atoms with Gasteiger partial charge in [0, 0.05) is 0 Å². The Morgan fingerprint density at radius 1 is 0.905 bits per heavy atom. The third-order valence-electron chi connectivity index (χ3n) is 3.06. The van der Waals surface area contributed by atoms with Crippen LogP contribution in [-0.2, 0) is 4.79 Å². The summed E-state index contributed by atoms with van der Waals surface area (Å²) in [6.45, 7) is 0. The molecule has 0 atom stereocenters. The van der Waals surface area contributed by atoms with Crippen LogP contribution in [0.1, 0.15) is 11.1 Å². The average Bonchev–Trinajstić information content (AvgIpc) is 2.53. The van der Waals surface area contributed by atoms with Crippen molar-refractivity contribution in [3.8, 4) is 11.5 Å². The molecule has 2 aromatic rings. The number of carboxylic acids is 1. The Bertz CT molecular complexity index is 639. The first-order valence-corrected chi connectivity index (χ1v) is 6.37. The Kier molecular flexibility index (Phi) is 4.61. The van der Waals surface area contributed by atoms with E-state index in [-0.39, 0.29) is 5.57 Å². The number of rotatable bonds is 5. The largest absolute Gasteiger partial charge is 0.497 e. The second-order valence-electron chi connectivity index (χ2n) is 4.36. The Morgan fingerprint density at radius 3 is 1.81 bits per heavy atom. The molecule has 0 aliphatic carbocycles. The summed E-state index contributed by atoms with van der Waals surface area (Å²) in [4.78, 5) is 11.5. The van der Waals surface area contributed by atoms with Gasteiger partial charge in [0.25, 0.3) is 0 Å². The molecule has 0 unspecified atom stereocenters. The summed E-state index contributed by atoms with van der Waals surface area (Å²) in [6, 6.07) is 14.1. The highest BCUT2D eigenvalue weighted by Gasteiger charge is 2.10. The minimum atomic E-state index is -0.976. The van der Waals surface area contributed by atoms with Gasteiger partial charge in [0.05, 0.1) is 19.8 Å². The zero-order chi connectivity index (χ0) is 15.2. The van der Waals surface area contributed by atoms with E-state index in [0.717, 1.165) is 11.3 Å². The van der Waals surface area contributed by atoms with Gasteiger partial charge in [-0.05, 0) is 41.5 Å². The van der Waals surface area contributed by atoms with Crippen molar-refractivity contribution in [1.29, 1.82) is 0 Å². The maximum absolute atomic E-state index is 11.5. The quantitative estimate of drug-likeness (QED) is 0.676. The molecule has 0 aromatic heterocycles. The van der Waals surface area contributed by atoms with Gasteiger partial charge in [-0.15, -0.1) is 0 Å². The molecule has 0 fully saturated rings. The predicted octanol–water partition coefficient (Wildman–Crippen LogP) is 3.33. The smallest absolute Gasteiger partial charge is 0.336 e. The van der Waals surface area contributed by atoms with Crippen molar-refractivity contribution in [2.75, 3.05) is 14.2 Å². The second kappa shape index (κ2) is 6.61. The molecule has 0 radical (unpaired) electrons. The maximum Gasteiger partial charge on any atom is 0.336 e. The minimum Gasteiger partial charge on any atom is -0.497 e. The summed E-state index contributed by atoms with van der Waals surface area (Å²) in [6.07, 6.45) is 1.63. The summed E-state index contributed by atoms with van der Waals surface area (Å²) in [5, 5.41) is 9.39. The van der Waals surface area contributed by atoms with Gasteiger partial charge in [0.1, 0.15) is 11.5 Å². The minimum absolute atomic E-state index is 0.225. The van der Waals surface area contributed by atoms with Crippen molar-refractivity contribution in [2.45, 2.75) is 0 Å². The molecular formula is C17H16O4. The van der Waals surface area contributed by atoms with Gasteiger partial charge in [0.15, 0.2) is 0 Å². The molecule has 2 aromatic carbocycles. The fraction of sp³-hybridized carbons (Fsp3) is 0.118. The average molecular weight is 284 g/mol. The molecule has 4 heteroatoms. The number of carbonyl (C=O) groups is 1. The zero-order valence-electron chi connectivity index (χ0n) is 11.9. The fourth-order valence-electron chi connectivity index (χ4n) is 1.91. The SMILES string of the molecule is COc1ccc(/C=C(\C(=O)O)c2ccc(OC)cc2)cc1. The zero-order valence-corrected chi connectivity index (χ0v) is 11.9. The molecule has 0 aliphatic rings. The Labute approximate surface area is 123 Å². The van der Waals surface area contributed by atoms with Crippen molar-refractivity contribution in [1.82, 2.24) is 0 Å². The molecule has 21 heavy (non-hydrogen) atoms. The molecular weight excluding hydrogens is 268 g/mol. The van der Waals surface area contributed by atoms with Gasteiger partial charge in [0.2, 0.25) is 0 Å². The van der Waals surface area contributed by atoms with Crippen LogP contribution >= 0.6 is 0 Å². The van der Waals surface area contributed by atoms with Gasteiger partial charge in [-0.3, -0.25) is 0 Å². The number of hydrogen-bond donors (Lipinski definition) is 1. The lowest BCUT2D eigenvalue weighted by atomic mass is 10.0. The number of methoxy groups -OCH3 is 2. The van der Waals surface area contributed by atoms with E-state index in [0.29, 0.717) is 11.3 Å². The Morgan fingerprint density at radius 2 is 1.38 bits per heavy atom. The van der Waals surface area contributed by atoms with Crippen LogP contribution in [0.3, 0.4) is 0 Å². The molecule has 0 saturated heterocycles. The summed E-state index contributed by atoms with van der Waals surface area (Å²) >= 11 is 0. The standard InChI is InChI=1S/C17H16O4/c1-20-14-7-3-12(4-8-14)11-16(17(18)19)13-5-9-15(21-2)10-6-13/h3-11H,1-2H3,(H,18,19)/b16-11-. The monoisotopic (exact) mass is 284 g/mol. The lowest BCUT2D eigenvalue weighted by Gasteiger charge is -2.05. The number of hydrogen-bond acceptors (Lipinski definition) is 3. The normalized spacial score (nSPS) is 11.0. The molecule has 0 saturated carbocycles. The van der Waals surface area contributed by atoms with Crippen LogP contribution in [0.4, 0.5) is 0 Å². The number of aliphatic carboxylic acids is 1. The topological polar surface area (TPSA) is 55.8 Å². The number of carboxylic acid groups (broad SMARTS) is 1. The van der Waals surface area contributed by atoms with Crippen molar-refractivity contribution in [2.24, 2.45) is 0 Å². The van der Waals surface area contributed by atoms with Gasteiger partial charge in [-0.1, -0.05) is 24.3 Å². The molecule has 0 amide bonds. The number of ether oxygens (including phenoxy) is 2. The van der Waals surface area contributed by atoms with Crippen molar-refractivity contribution in [3.63, 3.8) is 0 Å². The van der Waals surface area contributed by atoms with Gasteiger partial charge < -0.3 is 14.6 Å². The molecule has 108 valence electrons. The first-order chi connectivity index (χ1) is 10.1. The van der Waals surface area contributed by atoms with Gasteiger partial charge in [-0.25, -0.2) is 4.79 Å². The summed E-state index contributed by atoms with van der Waals surface area (Å²) in [5.74, 6) is 0.442. The predicted molar refractivity (Wildman–Crippen MR) is 81.5 cm³/mol. The van der Waals surface area contributed by atoms with Crippen molar-refractivity contribution >= 4 is 17.6 Å². The van der Waals surface area contributed by atoms with E-state index in [2.05, 4.69) is 0 Å². The van der Waals surface area contributed by atoms with E-state index in [1.165, 1.54) is 0 Å². The van der Waals surface area contributed by atoms with Crippen LogP contribution in [0, 0.1) is 0 Å². The van der Waals surface area contributed by atoms with Crippen LogP contribution in [-0.4, -0.2) is 25.3 Å². The lowest BCUT2D eigenvalue weighted by Crippen LogP contribution is -1.99. The van der Waals surface area contributed by atoms with Crippen LogP contribution in [0.2, 0.25) is 0 Å². The van der Waals surface area contributed by atoms with E-state index in [9.17, 15) is 9.90 Å². The third-order valence-corrected chi connectivity index (χ3v) is 3.06. The van der Waals surface area contributed by atoms with E-state index in [1.54, 1.807) is 56.7 Å². The van der Waals surface area contributed by atoms with Gasteiger partial charge >= 0.3 is 5.97 Å². The van der Waals surface area contributed by atoms with E-state index < -0.39 is 5.97 Å². The highest BCUT2D eigenvalue weighted by atomic mass is 16.5. The Hall–Kier alpha value is -2.75. The van der Waals surface area contributed by atoms with Crippen LogP contribution in [0.5, 0.6) is 11.5 Å².